The van der Waals surface area contributed by atoms with E-state index in [0.717, 1.165) is 30.5 Å². The van der Waals surface area contributed by atoms with Gasteiger partial charge in [-0.3, -0.25) is 14.3 Å². The number of nitriles is 1. The number of nitrogens with zero attached hydrogens (tertiary/aromatic N) is 3. The van der Waals surface area contributed by atoms with Crippen LogP contribution < -0.4 is 5.56 Å². The Bertz CT molecular complexity index is 638. The van der Waals surface area contributed by atoms with Gasteiger partial charge in [-0.25, -0.2) is 0 Å². The van der Waals surface area contributed by atoms with Crippen LogP contribution in [0.3, 0.4) is 0 Å². The van der Waals surface area contributed by atoms with E-state index in [1.54, 1.807) is 6.92 Å². The van der Waals surface area contributed by atoms with Crippen molar-refractivity contribution in [1.29, 1.82) is 5.26 Å². The van der Waals surface area contributed by atoms with Crippen molar-refractivity contribution >= 4 is 0 Å². The number of aromatic hydroxyl groups is 1. The summed E-state index contributed by atoms with van der Waals surface area (Å²) < 4.78 is 1.09. The molecule has 2 rings (SSSR count). The van der Waals surface area contributed by atoms with E-state index in [1.807, 2.05) is 6.07 Å². The van der Waals surface area contributed by atoms with Gasteiger partial charge in [-0.1, -0.05) is 6.92 Å². The largest absolute Gasteiger partial charge is 0.494 e. The van der Waals surface area contributed by atoms with Gasteiger partial charge in [0.05, 0.1) is 13.2 Å². The molecule has 1 aliphatic heterocycles. The number of piperidine rings is 1. The molecule has 1 aromatic rings. The van der Waals surface area contributed by atoms with Gasteiger partial charge in [-0.2, -0.15) is 5.26 Å². The second kappa shape index (κ2) is 6.95. The molecule has 2 N–H and O–H groups in total. The van der Waals surface area contributed by atoms with Crippen LogP contribution in [0, 0.1) is 24.2 Å². The SMILES string of the molecule is Cc1c(CN2CCC(C)CC2)c(O)n(CCO)c(=O)c1C#N. The summed E-state index contributed by atoms with van der Waals surface area (Å²) in [6.45, 7) is 6.07. The van der Waals surface area contributed by atoms with E-state index >= 15 is 0 Å². The summed E-state index contributed by atoms with van der Waals surface area (Å²) in [5, 5.41) is 28.7. The van der Waals surface area contributed by atoms with Gasteiger partial charge in [0.1, 0.15) is 11.6 Å². The number of rotatable bonds is 4. The number of aliphatic hydroxyl groups excluding tert-OH is 1. The molecule has 0 unspecified atom stereocenters. The third-order valence-corrected chi connectivity index (χ3v) is 4.51. The molecule has 0 bridgehead atoms. The maximum absolute atomic E-state index is 12.2. The van der Waals surface area contributed by atoms with E-state index in [0.29, 0.717) is 23.6 Å². The summed E-state index contributed by atoms with van der Waals surface area (Å²) >= 11 is 0. The Labute approximate surface area is 130 Å². The molecule has 0 aliphatic carbocycles. The summed E-state index contributed by atoms with van der Waals surface area (Å²) in [7, 11) is 0. The molecule has 0 saturated carbocycles. The highest BCUT2D eigenvalue weighted by Crippen LogP contribution is 2.25. The van der Waals surface area contributed by atoms with Crippen LogP contribution in [0.1, 0.15) is 36.5 Å². The maximum atomic E-state index is 12.2. The Morgan fingerprint density at radius 3 is 2.55 bits per heavy atom. The summed E-state index contributed by atoms with van der Waals surface area (Å²) in [6, 6.07) is 1.93. The molecule has 0 radical (unpaired) electrons. The summed E-state index contributed by atoms with van der Waals surface area (Å²) in [5.74, 6) is 0.582. The van der Waals surface area contributed by atoms with Crippen LogP contribution in [0.5, 0.6) is 5.88 Å². The second-order valence-corrected chi connectivity index (χ2v) is 6.05. The van der Waals surface area contributed by atoms with Crippen LogP contribution in [0.2, 0.25) is 0 Å². The van der Waals surface area contributed by atoms with Crippen molar-refractivity contribution in [2.75, 3.05) is 19.7 Å². The molecule has 120 valence electrons. The van der Waals surface area contributed by atoms with Gasteiger partial charge in [0.25, 0.3) is 5.56 Å². The normalized spacial score (nSPS) is 16.6. The quantitative estimate of drug-likeness (QED) is 0.865. The van der Waals surface area contributed by atoms with Gasteiger partial charge in [0.2, 0.25) is 0 Å². The first-order valence-corrected chi connectivity index (χ1v) is 7.68. The van der Waals surface area contributed by atoms with Crippen LogP contribution >= 0.6 is 0 Å². The van der Waals surface area contributed by atoms with Crippen LogP contribution in [0.25, 0.3) is 0 Å². The smallest absolute Gasteiger partial charge is 0.271 e. The zero-order valence-corrected chi connectivity index (χ0v) is 13.2. The fourth-order valence-electron chi connectivity index (χ4n) is 2.95. The Morgan fingerprint density at radius 1 is 1.36 bits per heavy atom. The number of aliphatic hydroxyl groups is 1. The lowest BCUT2D eigenvalue weighted by molar-refractivity contribution is 0.181. The monoisotopic (exact) mass is 305 g/mol. The van der Waals surface area contributed by atoms with E-state index in [9.17, 15) is 15.2 Å². The van der Waals surface area contributed by atoms with E-state index in [2.05, 4.69) is 11.8 Å². The third-order valence-electron chi connectivity index (χ3n) is 4.51. The molecule has 6 nitrogen and oxygen atoms in total. The van der Waals surface area contributed by atoms with Crippen LogP contribution in [0.15, 0.2) is 4.79 Å². The van der Waals surface area contributed by atoms with Crippen LogP contribution in [-0.4, -0.2) is 39.4 Å². The summed E-state index contributed by atoms with van der Waals surface area (Å²) in [6.07, 6.45) is 2.22. The first-order valence-electron chi connectivity index (χ1n) is 7.68. The van der Waals surface area contributed by atoms with E-state index in [-0.39, 0.29) is 24.6 Å². The first kappa shape index (κ1) is 16.5. The minimum atomic E-state index is -0.539. The highest BCUT2D eigenvalue weighted by Gasteiger charge is 2.22. The number of hydrogen-bond donors (Lipinski definition) is 2. The van der Waals surface area contributed by atoms with Crippen LogP contribution in [0.4, 0.5) is 0 Å². The Hall–Kier alpha value is -1.84. The first-order chi connectivity index (χ1) is 10.5. The molecule has 1 saturated heterocycles. The second-order valence-electron chi connectivity index (χ2n) is 6.05. The van der Waals surface area contributed by atoms with Gasteiger partial charge in [0.15, 0.2) is 5.88 Å². The highest BCUT2D eigenvalue weighted by atomic mass is 16.3. The zero-order chi connectivity index (χ0) is 16.3. The molecular formula is C16H23N3O3. The third kappa shape index (κ3) is 3.16. The lowest BCUT2D eigenvalue weighted by Gasteiger charge is -2.31. The fourth-order valence-corrected chi connectivity index (χ4v) is 2.95. The van der Waals surface area contributed by atoms with E-state index < -0.39 is 5.56 Å². The van der Waals surface area contributed by atoms with Gasteiger partial charge in [-0.15, -0.1) is 0 Å². The van der Waals surface area contributed by atoms with Gasteiger partial charge >= 0.3 is 0 Å². The zero-order valence-electron chi connectivity index (χ0n) is 13.2. The molecule has 22 heavy (non-hydrogen) atoms. The van der Waals surface area contributed by atoms with Crippen molar-refractivity contribution in [3.8, 4) is 11.9 Å². The standard InChI is InChI=1S/C16H23N3O3/c1-11-3-5-18(6-4-11)10-14-12(2)13(9-17)15(21)19(7-8-20)16(14)22/h11,20,22H,3-8,10H2,1-2H3. The minimum absolute atomic E-state index is 0.0103. The van der Waals surface area contributed by atoms with Gasteiger partial charge < -0.3 is 10.2 Å². The van der Waals surface area contributed by atoms with E-state index in [1.165, 1.54) is 0 Å². The van der Waals surface area contributed by atoms with Gasteiger partial charge in [0, 0.05) is 12.1 Å². The number of likely N-dealkylation sites (tertiary alicyclic amines) is 1. The van der Waals surface area contributed by atoms with Crippen molar-refractivity contribution in [2.45, 2.75) is 39.8 Å². The molecule has 1 aliphatic rings. The molecule has 0 spiro atoms. The molecule has 0 amide bonds. The van der Waals surface area contributed by atoms with Crippen LogP contribution in [-0.2, 0) is 13.1 Å². The van der Waals surface area contributed by atoms with Crippen molar-refractivity contribution < 1.29 is 10.2 Å². The molecule has 1 aromatic heterocycles. The van der Waals surface area contributed by atoms with Crippen molar-refractivity contribution in [3.05, 3.63) is 27.0 Å². The Balaban J connectivity index is 2.40. The average molecular weight is 305 g/mol. The van der Waals surface area contributed by atoms with Crippen molar-refractivity contribution in [2.24, 2.45) is 5.92 Å². The summed E-state index contributed by atoms with van der Waals surface area (Å²) in [5.41, 5.74) is 0.658. The van der Waals surface area contributed by atoms with Crippen molar-refractivity contribution in [1.82, 2.24) is 9.47 Å². The Morgan fingerprint density at radius 2 is 2.00 bits per heavy atom. The number of aromatic nitrogens is 1. The predicted octanol–water partition coefficient (Wildman–Crippen LogP) is 0.958. The number of pyridine rings is 1. The maximum Gasteiger partial charge on any atom is 0.271 e. The molecule has 1 fully saturated rings. The average Bonchev–Trinajstić information content (AvgIpc) is 2.50. The fraction of sp³-hybridized carbons (Fsp3) is 0.625. The predicted molar refractivity (Wildman–Crippen MR) is 82.6 cm³/mol. The lowest BCUT2D eigenvalue weighted by atomic mass is 9.98. The molecule has 2 heterocycles. The highest BCUT2D eigenvalue weighted by molar-refractivity contribution is 5.45. The lowest BCUT2D eigenvalue weighted by Crippen LogP contribution is -2.34. The summed E-state index contributed by atoms with van der Waals surface area (Å²) in [4.78, 5) is 14.4. The minimum Gasteiger partial charge on any atom is -0.494 e. The van der Waals surface area contributed by atoms with E-state index in [4.69, 9.17) is 5.11 Å². The molecule has 6 heteroatoms. The molecular weight excluding hydrogens is 282 g/mol. The van der Waals surface area contributed by atoms with Gasteiger partial charge in [-0.05, 0) is 44.3 Å². The van der Waals surface area contributed by atoms with Crippen molar-refractivity contribution in [3.63, 3.8) is 0 Å². The molecule has 0 atom stereocenters. The topological polar surface area (TPSA) is 89.5 Å². The Kier molecular flexibility index (Phi) is 5.22. The number of hydrogen-bond acceptors (Lipinski definition) is 5. The molecule has 0 aromatic carbocycles.